The highest BCUT2D eigenvalue weighted by molar-refractivity contribution is 6.33. The number of carbonyl (C=O) groups is 2. The molecular formula is C21H26ClN3O2. The molecule has 0 radical (unpaired) electrons. The van der Waals surface area contributed by atoms with Gasteiger partial charge in [0.1, 0.15) is 0 Å². The number of carbonyl (C=O) groups excluding carboxylic acids is 2. The maximum atomic E-state index is 12.2. The maximum absolute atomic E-state index is 12.2. The molecule has 0 aliphatic carbocycles. The largest absolute Gasteiger partial charge is 0.348 e. The first kappa shape index (κ1) is 20.9. The third-order valence-electron chi connectivity index (χ3n) is 4.24. The van der Waals surface area contributed by atoms with Crippen LogP contribution in [0.4, 0.5) is 5.69 Å². The molecule has 1 atom stereocenters. The smallest absolute Gasteiger partial charge is 0.238 e. The van der Waals surface area contributed by atoms with Crippen LogP contribution in [0.3, 0.4) is 0 Å². The Morgan fingerprint density at radius 2 is 1.67 bits per heavy atom. The van der Waals surface area contributed by atoms with Gasteiger partial charge in [0.15, 0.2) is 0 Å². The molecular weight excluding hydrogens is 362 g/mol. The van der Waals surface area contributed by atoms with Crippen LogP contribution in [0.5, 0.6) is 0 Å². The first-order valence-electron chi connectivity index (χ1n) is 9.00. The SMILES string of the molecule is CCc1ccc([C@H](C)NC(=O)CN(C)CC(=O)Nc2ccccc2Cl)cc1. The number of benzene rings is 2. The third-order valence-corrected chi connectivity index (χ3v) is 4.57. The van der Waals surface area contributed by atoms with Crippen LogP contribution in [0.2, 0.25) is 5.02 Å². The van der Waals surface area contributed by atoms with Crippen molar-refractivity contribution in [2.75, 3.05) is 25.5 Å². The second-order valence-electron chi connectivity index (χ2n) is 6.58. The van der Waals surface area contributed by atoms with Gasteiger partial charge < -0.3 is 10.6 Å². The van der Waals surface area contributed by atoms with Crippen molar-refractivity contribution < 1.29 is 9.59 Å². The van der Waals surface area contributed by atoms with E-state index in [4.69, 9.17) is 11.6 Å². The summed E-state index contributed by atoms with van der Waals surface area (Å²) >= 11 is 6.03. The van der Waals surface area contributed by atoms with E-state index in [0.717, 1.165) is 12.0 Å². The first-order valence-corrected chi connectivity index (χ1v) is 9.38. The number of nitrogens with one attached hydrogen (secondary N) is 2. The topological polar surface area (TPSA) is 61.4 Å². The van der Waals surface area contributed by atoms with Crippen molar-refractivity contribution >= 4 is 29.1 Å². The highest BCUT2D eigenvalue weighted by atomic mass is 35.5. The van der Waals surface area contributed by atoms with E-state index in [-0.39, 0.29) is 30.9 Å². The lowest BCUT2D eigenvalue weighted by atomic mass is 10.1. The van der Waals surface area contributed by atoms with Gasteiger partial charge in [-0.3, -0.25) is 14.5 Å². The molecule has 0 fully saturated rings. The van der Waals surface area contributed by atoms with Crippen LogP contribution in [0.15, 0.2) is 48.5 Å². The van der Waals surface area contributed by atoms with Gasteiger partial charge in [0.25, 0.3) is 0 Å². The van der Waals surface area contributed by atoms with E-state index in [1.54, 1.807) is 36.2 Å². The first-order chi connectivity index (χ1) is 12.9. The summed E-state index contributed by atoms with van der Waals surface area (Å²) < 4.78 is 0. The predicted molar refractivity (Wildman–Crippen MR) is 110 cm³/mol. The van der Waals surface area contributed by atoms with Crippen molar-refractivity contribution in [2.45, 2.75) is 26.3 Å². The standard InChI is InChI=1S/C21H26ClN3O2/c1-4-16-9-11-17(12-10-16)15(2)23-20(26)13-25(3)14-21(27)24-19-8-6-5-7-18(19)22/h5-12,15H,4,13-14H2,1-3H3,(H,23,26)(H,24,27)/t15-/m0/s1. The summed E-state index contributed by atoms with van der Waals surface area (Å²) in [7, 11) is 1.73. The van der Waals surface area contributed by atoms with Gasteiger partial charge in [0.2, 0.25) is 11.8 Å². The minimum Gasteiger partial charge on any atom is -0.348 e. The summed E-state index contributed by atoms with van der Waals surface area (Å²) in [6.45, 7) is 4.28. The molecule has 2 amide bonds. The third kappa shape index (κ3) is 6.70. The molecule has 2 rings (SSSR count). The quantitative estimate of drug-likeness (QED) is 0.726. The average Bonchev–Trinajstić information content (AvgIpc) is 2.63. The van der Waals surface area contributed by atoms with E-state index < -0.39 is 0 Å². The Morgan fingerprint density at radius 1 is 1.04 bits per heavy atom. The maximum Gasteiger partial charge on any atom is 0.238 e. The minimum atomic E-state index is -0.221. The molecule has 0 unspecified atom stereocenters. The second kappa shape index (κ2) is 10.1. The molecule has 0 aliphatic heterocycles. The molecule has 6 heteroatoms. The fraction of sp³-hybridized carbons (Fsp3) is 0.333. The van der Waals surface area contributed by atoms with Gasteiger partial charge in [-0.05, 0) is 43.7 Å². The van der Waals surface area contributed by atoms with Crippen molar-refractivity contribution in [3.05, 3.63) is 64.7 Å². The summed E-state index contributed by atoms with van der Waals surface area (Å²) in [5, 5.41) is 6.19. The Morgan fingerprint density at radius 3 is 2.30 bits per heavy atom. The molecule has 0 spiro atoms. The molecule has 2 aromatic carbocycles. The van der Waals surface area contributed by atoms with Crippen molar-refractivity contribution in [2.24, 2.45) is 0 Å². The number of nitrogens with zero attached hydrogens (tertiary/aromatic N) is 1. The Kier molecular flexibility index (Phi) is 7.82. The molecule has 0 saturated heterocycles. The van der Waals surface area contributed by atoms with Gasteiger partial charge in [0.05, 0.1) is 29.8 Å². The summed E-state index contributed by atoms with van der Waals surface area (Å²) in [6, 6.07) is 15.2. The number of para-hydroxylation sites is 1. The zero-order valence-corrected chi connectivity index (χ0v) is 16.7. The molecule has 0 aromatic heterocycles. The van der Waals surface area contributed by atoms with E-state index in [2.05, 4.69) is 29.7 Å². The van der Waals surface area contributed by atoms with Gasteiger partial charge in [-0.1, -0.05) is 54.9 Å². The number of hydrogen-bond acceptors (Lipinski definition) is 3. The number of anilines is 1. The lowest BCUT2D eigenvalue weighted by Crippen LogP contribution is -2.39. The van der Waals surface area contributed by atoms with E-state index >= 15 is 0 Å². The van der Waals surface area contributed by atoms with Gasteiger partial charge in [-0.15, -0.1) is 0 Å². The molecule has 5 nitrogen and oxygen atoms in total. The number of likely N-dealkylation sites (N-methyl/N-ethyl adjacent to an activating group) is 1. The van der Waals surface area contributed by atoms with Crippen molar-refractivity contribution in [3.8, 4) is 0 Å². The second-order valence-corrected chi connectivity index (χ2v) is 6.99. The normalized spacial score (nSPS) is 11.9. The Balaban J connectivity index is 1.80. The van der Waals surface area contributed by atoms with Crippen LogP contribution in [0, 0.1) is 0 Å². The number of aryl methyl sites for hydroxylation is 1. The molecule has 144 valence electrons. The molecule has 2 aromatic rings. The lowest BCUT2D eigenvalue weighted by Gasteiger charge is -2.19. The van der Waals surface area contributed by atoms with Gasteiger partial charge in [-0.25, -0.2) is 0 Å². The van der Waals surface area contributed by atoms with Crippen molar-refractivity contribution in [1.29, 1.82) is 0 Å². The van der Waals surface area contributed by atoms with E-state index in [0.29, 0.717) is 10.7 Å². The summed E-state index contributed by atoms with van der Waals surface area (Å²) in [5.74, 6) is -0.350. The highest BCUT2D eigenvalue weighted by Crippen LogP contribution is 2.20. The van der Waals surface area contributed by atoms with E-state index in [1.807, 2.05) is 19.1 Å². The Labute approximate surface area is 165 Å². The molecule has 27 heavy (non-hydrogen) atoms. The number of halogens is 1. The number of amides is 2. The number of hydrogen-bond donors (Lipinski definition) is 2. The van der Waals surface area contributed by atoms with Crippen LogP contribution >= 0.6 is 11.6 Å². The Hall–Kier alpha value is -2.37. The van der Waals surface area contributed by atoms with Gasteiger partial charge in [-0.2, -0.15) is 0 Å². The average molecular weight is 388 g/mol. The van der Waals surface area contributed by atoms with Crippen LogP contribution in [-0.4, -0.2) is 36.9 Å². The molecule has 0 aliphatic rings. The minimum absolute atomic E-state index is 0.0891. The van der Waals surface area contributed by atoms with Crippen LogP contribution in [0.1, 0.15) is 31.0 Å². The fourth-order valence-corrected chi connectivity index (χ4v) is 2.89. The molecule has 2 N–H and O–H groups in total. The van der Waals surface area contributed by atoms with E-state index in [1.165, 1.54) is 5.56 Å². The summed E-state index contributed by atoms with van der Waals surface area (Å²) in [5.41, 5.74) is 2.88. The lowest BCUT2D eigenvalue weighted by molar-refractivity contribution is -0.123. The Bertz CT molecular complexity index is 777. The van der Waals surface area contributed by atoms with Gasteiger partial charge in [0, 0.05) is 0 Å². The molecule has 0 heterocycles. The van der Waals surface area contributed by atoms with Crippen molar-refractivity contribution in [3.63, 3.8) is 0 Å². The van der Waals surface area contributed by atoms with Crippen LogP contribution < -0.4 is 10.6 Å². The predicted octanol–water partition coefficient (Wildman–Crippen LogP) is 3.65. The van der Waals surface area contributed by atoms with Crippen LogP contribution in [0.25, 0.3) is 0 Å². The zero-order valence-electron chi connectivity index (χ0n) is 16.0. The molecule has 0 bridgehead atoms. The number of rotatable bonds is 8. The van der Waals surface area contributed by atoms with Crippen molar-refractivity contribution in [1.82, 2.24) is 10.2 Å². The fourth-order valence-electron chi connectivity index (χ4n) is 2.71. The zero-order chi connectivity index (χ0) is 19.8. The summed E-state index contributed by atoms with van der Waals surface area (Å²) in [6.07, 6.45) is 0.988. The van der Waals surface area contributed by atoms with Crippen LogP contribution in [-0.2, 0) is 16.0 Å². The monoisotopic (exact) mass is 387 g/mol. The van der Waals surface area contributed by atoms with E-state index in [9.17, 15) is 9.59 Å². The summed E-state index contributed by atoms with van der Waals surface area (Å²) in [4.78, 5) is 26.0. The molecule has 0 saturated carbocycles. The highest BCUT2D eigenvalue weighted by Gasteiger charge is 2.14. The van der Waals surface area contributed by atoms with Gasteiger partial charge >= 0.3 is 0 Å².